The highest BCUT2D eigenvalue weighted by atomic mass is 16.7. The van der Waals surface area contributed by atoms with Gasteiger partial charge in [-0.15, -0.1) is 0 Å². The molecule has 1 aromatic heterocycles. The van der Waals surface area contributed by atoms with E-state index in [0.29, 0.717) is 17.6 Å². The molecule has 1 saturated carbocycles. The minimum absolute atomic E-state index is 0.0465. The highest BCUT2D eigenvalue weighted by Gasteiger charge is 2.73. The number of fused-ring (bicyclic) bond motifs is 3. The van der Waals surface area contributed by atoms with Gasteiger partial charge in [-0.3, -0.25) is 9.48 Å². The fourth-order valence-electron chi connectivity index (χ4n) is 8.44. The number of rotatable bonds is 3. The Bertz CT molecular complexity index is 1580. The van der Waals surface area contributed by atoms with Gasteiger partial charge in [0.25, 0.3) is 0 Å². The number of benzene rings is 1. The van der Waals surface area contributed by atoms with Gasteiger partial charge in [0.2, 0.25) is 0 Å². The van der Waals surface area contributed by atoms with Gasteiger partial charge < -0.3 is 19.3 Å². The topological polar surface area (TPSA) is 99.9 Å². The Kier molecular flexibility index (Phi) is 7.19. The summed E-state index contributed by atoms with van der Waals surface area (Å²) in [6.45, 7) is 16.4. The van der Waals surface area contributed by atoms with Crippen LogP contribution in [0.2, 0.25) is 0 Å². The van der Waals surface area contributed by atoms with E-state index in [1.165, 1.54) is 4.68 Å². The highest BCUT2D eigenvalue weighted by molar-refractivity contribution is 5.97. The van der Waals surface area contributed by atoms with Gasteiger partial charge >= 0.3 is 5.97 Å². The predicted octanol–water partition coefficient (Wildman–Crippen LogP) is 5.97. The maximum atomic E-state index is 15.0. The number of carbonyl (C=O) groups is 2. The Morgan fingerprint density at radius 2 is 1.80 bits per heavy atom. The molecule has 4 aliphatic rings. The van der Waals surface area contributed by atoms with Crippen molar-refractivity contribution in [3.8, 4) is 11.1 Å². The van der Waals surface area contributed by atoms with Crippen molar-refractivity contribution < 1.29 is 28.9 Å². The second-order valence-electron chi connectivity index (χ2n) is 14.8. The van der Waals surface area contributed by atoms with Gasteiger partial charge in [0.15, 0.2) is 29.0 Å². The van der Waals surface area contributed by atoms with Crippen LogP contribution in [0.4, 0.5) is 0 Å². The van der Waals surface area contributed by atoms with Gasteiger partial charge in [0, 0.05) is 18.5 Å². The summed E-state index contributed by atoms with van der Waals surface area (Å²) in [7, 11) is 1.71. The van der Waals surface area contributed by atoms with E-state index in [2.05, 4.69) is 32.8 Å². The number of ether oxygens (including phenoxy) is 3. The summed E-state index contributed by atoms with van der Waals surface area (Å²) >= 11 is 0. The van der Waals surface area contributed by atoms with E-state index in [1.54, 1.807) is 13.2 Å². The molecule has 6 rings (SSSR count). The lowest BCUT2D eigenvalue weighted by molar-refractivity contribution is -0.303. The van der Waals surface area contributed by atoms with Crippen molar-refractivity contribution in [1.29, 1.82) is 0 Å². The molecule has 2 bridgehead atoms. The number of carbonyl (C=O) groups excluding carboxylic acids is 2. The zero-order valence-electron chi connectivity index (χ0n) is 27.4. The average Bonchev–Trinajstić information content (AvgIpc) is 3.41. The summed E-state index contributed by atoms with van der Waals surface area (Å²) in [4.78, 5) is 29.2. The van der Waals surface area contributed by atoms with Crippen LogP contribution < -0.4 is 0 Å². The third-order valence-corrected chi connectivity index (χ3v) is 11.2. The molecule has 8 heteroatoms. The molecule has 2 aromatic rings. The third kappa shape index (κ3) is 4.39. The van der Waals surface area contributed by atoms with Crippen molar-refractivity contribution >= 4 is 11.8 Å². The molecular weight excluding hydrogens is 556 g/mol. The summed E-state index contributed by atoms with van der Waals surface area (Å²) in [5.41, 5.74) is 0.822. The van der Waals surface area contributed by atoms with Crippen LogP contribution >= 0.6 is 0 Å². The second-order valence-corrected chi connectivity index (χ2v) is 14.8. The first-order chi connectivity index (χ1) is 20.5. The minimum atomic E-state index is -1.90. The van der Waals surface area contributed by atoms with Crippen LogP contribution in [0.5, 0.6) is 0 Å². The van der Waals surface area contributed by atoms with Crippen LogP contribution in [0, 0.1) is 35.5 Å². The van der Waals surface area contributed by atoms with Crippen LogP contribution in [0.25, 0.3) is 11.1 Å². The second kappa shape index (κ2) is 10.2. The SMILES string of the molecule is CC1=C[C@]23C(=O)[C@@H](C=C4COC(C)(C)O[C@H]4[C@]2(O)[C@H]1OC(=O)c1c(-c2ccccc2C)cnn1C)CC(C)(C)[C@@H](C)C[C@H]3C. The summed E-state index contributed by atoms with van der Waals surface area (Å²) in [6.07, 6.45) is 4.86. The number of aliphatic hydroxyl groups is 1. The lowest BCUT2D eigenvalue weighted by atomic mass is 9.54. The third-order valence-electron chi connectivity index (χ3n) is 11.2. The fourth-order valence-corrected chi connectivity index (χ4v) is 8.44. The van der Waals surface area contributed by atoms with E-state index >= 15 is 0 Å². The zero-order chi connectivity index (χ0) is 32.0. The maximum absolute atomic E-state index is 15.0. The van der Waals surface area contributed by atoms with Crippen LogP contribution in [0.1, 0.15) is 77.4 Å². The van der Waals surface area contributed by atoms with Crippen LogP contribution in [-0.2, 0) is 26.1 Å². The monoisotopic (exact) mass is 602 g/mol. The molecule has 44 heavy (non-hydrogen) atoms. The maximum Gasteiger partial charge on any atom is 0.357 e. The van der Waals surface area contributed by atoms with E-state index in [1.807, 2.05) is 64.1 Å². The van der Waals surface area contributed by atoms with Gasteiger partial charge in [-0.2, -0.15) is 5.10 Å². The smallest absolute Gasteiger partial charge is 0.357 e. The van der Waals surface area contributed by atoms with Crippen LogP contribution in [0.3, 0.4) is 0 Å². The molecule has 8 nitrogen and oxygen atoms in total. The van der Waals surface area contributed by atoms with Crippen molar-refractivity contribution in [2.45, 2.75) is 91.8 Å². The largest absolute Gasteiger partial charge is 0.450 e. The molecule has 2 fully saturated rings. The van der Waals surface area contributed by atoms with Crippen molar-refractivity contribution in [2.24, 2.45) is 35.6 Å². The number of aromatic nitrogens is 2. The molecule has 1 aliphatic heterocycles. The van der Waals surface area contributed by atoms with E-state index in [-0.39, 0.29) is 35.3 Å². The summed E-state index contributed by atoms with van der Waals surface area (Å²) < 4.78 is 20.6. The number of aryl methyl sites for hydroxylation is 2. The highest BCUT2D eigenvalue weighted by Crippen LogP contribution is 2.62. The summed E-state index contributed by atoms with van der Waals surface area (Å²) in [5, 5.41) is 17.8. The standard InChI is InChI=1S/C36H46N2O6/c1-20-12-10-11-13-26(20)27-18-37-38(9)28(27)32(40)43-30-21(2)16-35-23(4)14-22(3)33(5,6)17-24(29(35)39)15-25-19-42-34(7,8)44-31(25)36(30,35)41/h10-13,15-16,18,22-24,30-31,41H,14,17,19H2,1-9H3/t22-,23+,24-,30-,31+,35-,36+/m0/s1. The molecule has 0 radical (unpaired) electrons. The first-order valence-corrected chi connectivity index (χ1v) is 15.8. The van der Waals surface area contributed by atoms with Gasteiger partial charge in [-0.25, -0.2) is 4.79 Å². The van der Waals surface area contributed by atoms with Crippen molar-refractivity contribution in [3.63, 3.8) is 0 Å². The Labute approximate surface area is 260 Å². The van der Waals surface area contributed by atoms with Gasteiger partial charge in [-0.1, -0.05) is 64.1 Å². The fraction of sp³-hybridized carbons (Fsp3) is 0.583. The van der Waals surface area contributed by atoms with Crippen molar-refractivity contribution in [2.75, 3.05) is 6.61 Å². The Morgan fingerprint density at radius 1 is 1.09 bits per heavy atom. The Balaban J connectivity index is 1.50. The Morgan fingerprint density at radius 3 is 2.50 bits per heavy atom. The molecule has 1 saturated heterocycles. The van der Waals surface area contributed by atoms with Gasteiger partial charge in [-0.05, 0) is 80.1 Å². The normalized spacial score (nSPS) is 35.8. The molecule has 1 spiro atoms. The first kappa shape index (κ1) is 30.9. The Hall–Kier alpha value is -3.07. The molecule has 2 heterocycles. The van der Waals surface area contributed by atoms with Crippen molar-refractivity contribution in [3.05, 3.63) is 65.0 Å². The predicted molar refractivity (Wildman–Crippen MR) is 167 cm³/mol. The zero-order valence-corrected chi connectivity index (χ0v) is 27.4. The van der Waals surface area contributed by atoms with E-state index in [0.717, 1.165) is 23.1 Å². The van der Waals surface area contributed by atoms with Crippen LogP contribution in [-0.4, -0.2) is 56.8 Å². The van der Waals surface area contributed by atoms with Crippen LogP contribution in [0.15, 0.2) is 53.8 Å². The summed E-state index contributed by atoms with van der Waals surface area (Å²) in [5.74, 6) is -2.11. The molecular formula is C36H46N2O6. The van der Waals surface area contributed by atoms with Gasteiger partial charge in [0.05, 0.1) is 18.2 Å². The molecule has 7 atom stereocenters. The summed E-state index contributed by atoms with van der Waals surface area (Å²) in [6, 6.07) is 7.80. The number of esters is 1. The quantitative estimate of drug-likeness (QED) is 0.342. The molecule has 0 amide bonds. The van der Waals surface area contributed by atoms with Gasteiger partial charge in [0.1, 0.15) is 6.10 Å². The molecule has 3 aliphatic carbocycles. The lowest BCUT2D eigenvalue weighted by Crippen LogP contribution is -2.68. The van der Waals surface area contributed by atoms with E-state index in [4.69, 9.17) is 14.2 Å². The minimum Gasteiger partial charge on any atom is -0.450 e. The number of ketones is 1. The van der Waals surface area contributed by atoms with Crippen molar-refractivity contribution in [1.82, 2.24) is 9.78 Å². The molecule has 236 valence electrons. The van der Waals surface area contributed by atoms with E-state index < -0.39 is 40.9 Å². The molecule has 0 unspecified atom stereocenters. The first-order valence-electron chi connectivity index (χ1n) is 15.8. The van der Waals surface area contributed by atoms with E-state index in [9.17, 15) is 14.7 Å². The number of hydrogen-bond donors (Lipinski definition) is 1. The number of Topliss-reactive ketones (excluding diaryl/α,β-unsaturated/α-hetero) is 1. The average molecular weight is 603 g/mol. The molecule has 1 N–H and O–H groups in total. The number of nitrogens with zero attached hydrogens (tertiary/aromatic N) is 2. The number of hydrogen-bond acceptors (Lipinski definition) is 7. The molecule has 1 aromatic carbocycles. The number of allylic oxidation sites excluding steroid dienone is 1. The lowest BCUT2D eigenvalue weighted by Gasteiger charge is -2.54.